The number of hydrogen-bond donors (Lipinski definition) is 1. The molecular formula is C15H24F3NO2. The second kappa shape index (κ2) is 6.55. The maximum atomic E-state index is 12.9. The minimum atomic E-state index is -4.17. The smallest absolute Gasteiger partial charge is 0.393 e. The van der Waals surface area contributed by atoms with Crippen LogP contribution >= 0.6 is 0 Å². The molecule has 1 aliphatic carbocycles. The Hall–Kier alpha value is -0.780. The molecule has 0 amide bonds. The van der Waals surface area contributed by atoms with Gasteiger partial charge in [0, 0.05) is 13.1 Å². The topological polar surface area (TPSA) is 40.5 Å². The van der Waals surface area contributed by atoms with E-state index in [2.05, 4.69) is 0 Å². The summed E-state index contributed by atoms with van der Waals surface area (Å²) in [5.74, 6) is -2.14. The summed E-state index contributed by atoms with van der Waals surface area (Å²) in [5, 5.41) is 9.62. The van der Waals surface area contributed by atoms with Crippen molar-refractivity contribution in [1.82, 2.24) is 4.90 Å². The van der Waals surface area contributed by atoms with Crippen LogP contribution in [0, 0.1) is 11.3 Å². The summed E-state index contributed by atoms with van der Waals surface area (Å²) in [5.41, 5.74) is -0.843. The predicted octanol–water partition coefficient (Wildman–Crippen LogP) is 3.69. The van der Waals surface area contributed by atoms with Gasteiger partial charge < -0.3 is 10.0 Å². The fourth-order valence-corrected chi connectivity index (χ4v) is 3.74. The van der Waals surface area contributed by atoms with Gasteiger partial charge in [-0.1, -0.05) is 25.7 Å². The van der Waals surface area contributed by atoms with Crippen molar-refractivity contribution in [1.29, 1.82) is 0 Å². The first-order valence-electron chi connectivity index (χ1n) is 7.86. The van der Waals surface area contributed by atoms with Crippen LogP contribution < -0.4 is 0 Å². The van der Waals surface area contributed by atoms with Crippen LogP contribution in [0.2, 0.25) is 0 Å². The number of carboxylic acids is 1. The Morgan fingerprint density at radius 3 is 2.29 bits per heavy atom. The fourth-order valence-electron chi connectivity index (χ4n) is 3.74. The molecule has 0 spiro atoms. The lowest BCUT2D eigenvalue weighted by atomic mass is 9.79. The monoisotopic (exact) mass is 307 g/mol. The van der Waals surface area contributed by atoms with Crippen LogP contribution in [-0.2, 0) is 4.79 Å². The van der Waals surface area contributed by atoms with Gasteiger partial charge in [-0.25, -0.2) is 0 Å². The molecule has 6 heteroatoms. The molecule has 3 nitrogen and oxygen atoms in total. The number of rotatable bonds is 3. The number of carboxylic acid groups (broad SMARTS) is 1. The van der Waals surface area contributed by atoms with Gasteiger partial charge in [0.25, 0.3) is 0 Å². The number of likely N-dealkylation sites (tertiary alicyclic amines) is 1. The van der Waals surface area contributed by atoms with E-state index in [0.717, 1.165) is 25.7 Å². The maximum Gasteiger partial charge on any atom is 0.393 e. The molecule has 1 saturated carbocycles. The second-order valence-electron chi connectivity index (χ2n) is 6.62. The summed E-state index contributed by atoms with van der Waals surface area (Å²) in [6.07, 6.45) is 1.47. The Morgan fingerprint density at radius 1 is 1.14 bits per heavy atom. The minimum Gasteiger partial charge on any atom is -0.481 e. The quantitative estimate of drug-likeness (QED) is 0.809. The third-order valence-electron chi connectivity index (χ3n) is 5.01. The summed E-state index contributed by atoms with van der Waals surface area (Å²) in [6, 6.07) is 0. The van der Waals surface area contributed by atoms with Gasteiger partial charge >= 0.3 is 12.1 Å². The Balaban J connectivity index is 2.04. The van der Waals surface area contributed by atoms with E-state index < -0.39 is 23.5 Å². The number of alkyl halides is 3. The molecule has 1 heterocycles. The van der Waals surface area contributed by atoms with Crippen molar-refractivity contribution >= 4 is 5.97 Å². The average Bonchev–Trinajstić information content (AvgIpc) is 2.65. The average molecular weight is 307 g/mol. The number of hydrogen-bond acceptors (Lipinski definition) is 2. The molecule has 2 rings (SSSR count). The molecule has 0 aromatic rings. The van der Waals surface area contributed by atoms with E-state index in [1.807, 2.05) is 0 Å². The van der Waals surface area contributed by atoms with Crippen LogP contribution in [0.25, 0.3) is 0 Å². The Bertz CT molecular complexity index is 362. The van der Waals surface area contributed by atoms with Gasteiger partial charge in [-0.3, -0.25) is 4.79 Å². The fraction of sp³-hybridized carbons (Fsp3) is 0.933. The summed E-state index contributed by atoms with van der Waals surface area (Å²) in [4.78, 5) is 13.5. The van der Waals surface area contributed by atoms with Crippen LogP contribution in [0.15, 0.2) is 0 Å². The Kier molecular flexibility index (Phi) is 5.17. The van der Waals surface area contributed by atoms with Crippen molar-refractivity contribution in [3.63, 3.8) is 0 Å². The first-order chi connectivity index (χ1) is 9.83. The summed E-state index contributed by atoms with van der Waals surface area (Å²) in [7, 11) is 0. The van der Waals surface area contributed by atoms with Gasteiger partial charge in [0.15, 0.2) is 0 Å². The number of aliphatic carboxylic acids is 1. The van der Waals surface area contributed by atoms with E-state index in [9.17, 15) is 23.1 Å². The van der Waals surface area contributed by atoms with E-state index in [1.54, 1.807) is 4.90 Å². The third kappa shape index (κ3) is 4.11. The normalized spacial score (nSPS) is 28.0. The lowest BCUT2D eigenvalue weighted by molar-refractivity contribution is -0.188. The molecule has 0 aromatic carbocycles. The molecule has 1 unspecified atom stereocenters. The standard InChI is InChI=1S/C15H24F3NO2/c16-15(17,18)12-6-5-9-19(10-12)11-14(13(20)21)7-3-1-2-4-8-14/h12H,1-11H2,(H,20,21). The highest BCUT2D eigenvalue weighted by atomic mass is 19.4. The second-order valence-corrected chi connectivity index (χ2v) is 6.62. The highest BCUT2D eigenvalue weighted by Gasteiger charge is 2.45. The van der Waals surface area contributed by atoms with E-state index >= 15 is 0 Å². The maximum absolute atomic E-state index is 12.9. The van der Waals surface area contributed by atoms with Crippen LogP contribution in [-0.4, -0.2) is 41.8 Å². The van der Waals surface area contributed by atoms with E-state index in [0.29, 0.717) is 25.8 Å². The zero-order chi connectivity index (χ0) is 15.5. The molecule has 1 atom stereocenters. The van der Waals surface area contributed by atoms with Gasteiger partial charge in [-0.2, -0.15) is 13.2 Å². The van der Waals surface area contributed by atoms with Gasteiger partial charge in [0.05, 0.1) is 11.3 Å². The molecule has 0 bridgehead atoms. The van der Waals surface area contributed by atoms with Crippen molar-refractivity contribution in [2.45, 2.75) is 57.5 Å². The number of nitrogens with zero attached hydrogens (tertiary/aromatic N) is 1. The highest BCUT2D eigenvalue weighted by Crippen LogP contribution is 2.39. The molecule has 122 valence electrons. The first kappa shape index (κ1) is 16.6. The lowest BCUT2D eigenvalue weighted by Crippen LogP contribution is -2.48. The molecular weight excluding hydrogens is 283 g/mol. The SMILES string of the molecule is O=C(O)C1(CN2CCCC(C(F)(F)F)C2)CCCCCC1. The van der Waals surface area contributed by atoms with Crippen LogP contribution in [0.3, 0.4) is 0 Å². The van der Waals surface area contributed by atoms with E-state index in [1.165, 1.54) is 0 Å². The molecule has 21 heavy (non-hydrogen) atoms. The molecule has 1 N–H and O–H groups in total. The number of halogens is 3. The van der Waals surface area contributed by atoms with Gasteiger partial charge in [0.2, 0.25) is 0 Å². The van der Waals surface area contributed by atoms with Crippen molar-refractivity contribution in [2.24, 2.45) is 11.3 Å². The Morgan fingerprint density at radius 2 is 1.76 bits per heavy atom. The van der Waals surface area contributed by atoms with Gasteiger partial charge in [0.1, 0.15) is 0 Å². The van der Waals surface area contributed by atoms with Crippen molar-refractivity contribution in [3.8, 4) is 0 Å². The van der Waals surface area contributed by atoms with Gasteiger partial charge in [-0.05, 0) is 32.2 Å². The van der Waals surface area contributed by atoms with Gasteiger partial charge in [-0.15, -0.1) is 0 Å². The predicted molar refractivity (Wildman–Crippen MR) is 73.0 cm³/mol. The molecule has 0 radical (unpaired) electrons. The van der Waals surface area contributed by atoms with Crippen LogP contribution in [0.4, 0.5) is 13.2 Å². The van der Waals surface area contributed by atoms with Crippen molar-refractivity contribution in [3.05, 3.63) is 0 Å². The van der Waals surface area contributed by atoms with E-state index in [-0.39, 0.29) is 19.5 Å². The zero-order valence-electron chi connectivity index (χ0n) is 12.3. The molecule has 1 aliphatic heterocycles. The lowest BCUT2D eigenvalue weighted by Gasteiger charge is -2.39. The Labute approximate surface area is 123 Å². The molecule has 2 aliphatic rings. The zero-order valence-corrected chi connectivity index (χ0v) is 12.3. The van der Waals surface area contributed by atoms with Crippen LogP contribution in [0.5, 0.6) is 0 Å². The minimum absolute atomic E-state index is 0.0431. The van der Waals surface area contributed by atoms with Crippen LogP contribution in [0.1, 0.15) is 51.4 Å². The largest absolute Gasteiger partial charge is 0.481 e. The summed E-state index contributed by atoms with van der Waals surface area (Å²) >= 11 is 0. The van der Waals surface area contributed by atoms with Crippen molar-refractivity contribution < 1.29 is 23.1 Å². The third-order valence-corrected chi connectivity index (χ3v) is 5.01. The molecule has 0 aromatic heterocycles. The number of piperidine rings is 1. The summed E-state index contributed by atoms with van der Waals surface area (Å²) < 4.78 is 38.6. The highest BCUT2D eigenvalue weighted by molar-refractivity contribution is 5.75. The first-order valence-corrected chi connectivity index (χ1v) is 7.86. The van der Waals surface area contributed by atoms with Crippen molar-refractivity contribution in [2.75, 3.05) is 19.6 Å². The summed E-state index contributed by atoms with van der Waals surface area (Å²) in [6.45, 7) is 0.815. The molecule has 1 saturated heterocycles. The van der Waals surface area contributed by atoms with E-state index in [4.69, 9.17) is 0 Å². The number of carbonyl (C=O) groups is 1. The molecule has 2 fully saturated rings.